The van der Waals surface area contributed by atoms with E-state index < -0.39 is 27.9 Å². The number of hydrogen-bond acceptors (Lipinski definition) is 6. The molecule has 9 nitrogen and oxygen atoms in total. The molecular formula is C24H27FN4O5S. The van der Waals surface area contributed by atoms with Gasteiger partial charge < -0.3 is 14.8 Å². The monoisotopic (exact) mass is 502 g/mol. The zero-order chi connectivity index (χ0) is 25.3. The summed E-state index contributed by atoms with van der Waals surface area (Å²) in [6, 6.07) is 9.80. The second-order valence-electron chi connectivity index (χ2n) is 8.72. The summed E-state index contributed by atoms with van der Waals surface area (Å²) in [7, 11) is -2.25. The number of hydrogen-bond donors (Lipinski definition) is 1. The second-order valence-corrected chi connectivity index (χ2v) is 10.7. The fourth-order valence-corrected chi connectivity index (χ4v) is 5.88. The van der Waals surface area contributed by atoms with Gasteiger partial charge in [0.25, 0.3) is 0 Å². The van der Waals surface area contributed by atoms with Crippen LogP contribution in [0.25, 0.3) is 10.9 Å². The van der Waals surface area contributed by atoms with Crippen LogP contribution in [-0.4, -0.2) is 66.0 Å². The summed E-state index contributed by atoms with van der Waals surface area (Å²) in [6.07, 6.45) is 1.29. The maximum atomic E-state index is 14.1. The minimum Gasteiger partial charge on any atom is -0.491 e. The van der Waals surface area contributed by atoms with Crippen LogP contribution in [0, 0.1) is 11.7 Å². The van der Waals surface area contributed by atoms with Gasteiger partial charge in [-0.2, -0.15) is 9.40 Å². The molecule has 1 aliphatic heterocycles. The molecule has 0 aliphatic carbocycles. The van der Waals surface area contributed by atoms with Gasteiger partial charge >= 0.3 is 5.97 Å². The summed E-state index contributed by atoms with van der Waals surface area (Å²) in [5, 5.41) is 14.3. The summed E-state index contributed by atoms with van der Waals surface area (Å²) in [5.74, 6) is -1.33. The molecule has 35 heavy (non-hydrogen) atoms. The van der Waals surface area contributed by atoms with Gasteiger partial charge in [-0.15, -0.1) is 0 Å². The van der Waals surface area contributed by atoms with Crippen molar-refractivity contribution in [2.24, 2.45) is 10.9 Å². The Morgan fingerprint density at radius 3 is 2.60 bits per heavy atom. The average molecular weight is 503 g/mol. The fraction of sp³-hybridized carbons (Fsp3) is 0.375. The number of sulfonamides is 1. The van der Waals surface area contributed by atoms with Gasteiger partial charge in [0.2, 0.25) is 10.0 Å². The van der Waals surface area contributed by atoms with E-state index in [1.54, 1.807) is 25.4 Å². The lowest BCUT2D eigenvalue weighted by Gasteiger charge is -2.18. The molecule has 186 valence electrons. The number of ether oxygens (including phenoxy) is 1. The summed E-state index contributed by atoms with van der Waals surface area (Å²) in [4.78, 5) is 15.6. The van der Waals surface area contributed by atoms with E-state index in [4.69, 9.17) is 4.74 Å². The number of carboxylic acid groups (broad SMARTS) is 1. The molecular weight excluding hydrogens is 475 g/mol. The van der Waals surface area contributed by atoms with Crippen molar-refractivity contribution in [3.8, 4) is 5.75 Å². The van der Waals surface area contributed by atoms with E-state index in [-0.39, 0.29) is 36.4 Å². The van der Waals surface area contributed by atoms with E-state index in [2.05, 4.69) is 10.1 Å². The maximum Gasteiger partial charge on any atom is 0.309 e. The largest absolute Gasteiger partial charge is 0.491 e. The van der Waals surface area contributed by atoms with Crippen molar-refractivity contribution in [1.29, 1.82) is 0 Å². The van der Waals surface area contributed by atoms with E-state index in [9.17, 15) is 22.7 Å². The summed E-state index contributed by atoms with van der Waals surface area (Å²) in [5.41, 5.74) is 0.705. The van der Waals surface area contributed by atoms with Crippen LogP contribution >= 0.6 is 0 Å². The Labute approximate surface area is 202 Å². The number of halogens is 1. The summed E-state index contributed by atoms with van der Waals surface area (Å²) < 4.78 is 49.5. The molecule has 1 fully saturated rings. The molecule has 2 aromatic carbocycles. The molecule has 0 saturated carbocycles. The van der Waals surface area contributed by atoms with Crippen LogP contribution in [0.2, 0.25) is 0 Å². The Hall–Kier alpha value is -3.31. The Bertz CT molecular complexity index is 1370. The molecule has 0 amide bonds. The summed E-state index contributed by atoms with van der Waals surface area (Å²) >= 11 is 0. The van der Waals surface area contributed by atoms with Crippen molar-refractivity contribution in [3.63, 3.8) is 0 Å². The fourth-order valence-electron chi connectivity index (χ4n) is 4.38. The van der Waals surface area contributed by atoms with Gasteiger partial charge in [0.05, 0.1) is 34.7 Å². The first kappa shape index (κ1) is 24.8. The molecule has 0 unspecified atom stereocenters. The molecule has 11 heteroatoms. The van der Waals surface area contributed by atoms with Gasteiger partial charge in [0.1, 0.15) is 11.6 Å². The lowest BCUT2D eigenvalue weighted by molar-refractivity contribution is -0.136. The zero-order valence-corrected chi connectivity index (χ0v) is 20.4. The van der Waals surface area contributed by atoms with Crippen molar-refractivity contribution < 1.29 is 27.4 Å². The molecule has 4 rings (SSSR count). The van der Waals surface area contributed by atoms with E-state index in [1.807, 2.05) is 13.8 Å². The number of carboxylic acids is 1. The smallest absolute Gasteiger partial charge is 0.309 e. The van der Waals surface area contributed by atoms with Crippen molar-refractivity contribution in [1.82, 2.24) is 14.1 Å². The topological polar surface area (TPSA) is 114 Å². The number of nitrogens with zero attached hydrogens (tertiary/aromatic N) is 4. The molecule has 1 aliphatic rings. The number of aliphatic carboxylic acids is 1. The third-order valence-electron chi connectivity index (χ3n) is 5.85. The third-order valence-corrected chi connectivity index (χ3v) is 7.70. The number of aliphatic imine (C=N–C) groups is 1. The van der Waals surface area contributed by atoms with Crippen molar-refractivity contribution in [2.75, 3.05) is 20.1 Å². The molecule has 1 aromatic heterocycles. The highest BCUT2D eigenvalue weighted by Gasteiger charge is 2.41. The maximum absolute atomic E-state index is 14.1. The van der Waals surface area contributed by atoms with Gasteiger partial charge in [-0.05, 0) is 56.3 Å². The first-order valence-corrected chi connectivity index (χ1v) is 12.6. The van der Waals surface area contributed by atoms with Crippen LogP contribution in [0.15, 0.2) is 52.4 Å². The minimum absolute atomic E-state index is 0.0364. The van der Waals surface area contributed by atoms with E-state index in [0.717, 1.165) is 0 Å². The Morgan fingerprint density at radius 1 is 1.26 bits per heavy atom. The van der Waals surface area contributed by atoms with Gasteiger partial charge in [0.15, 0.2) is 0 Å². The molecule has 0 radical (unpaired) electrons. The van der Waals surface area contributed by atoms with Crippen molar-refractivity contribution in [3.05, 3.63) is 54.0 Å². The van der Waals surface area contributed by atoms with Crippen LogP contribution in [0.3, 0.4) is 0 Å². The number of carbonyl (C=O) groups is 1. The quantitative estimate of drug-likeness (QED) is 0.474. The highest BCUT2D eigenvalue weighted by molar-refractivity contribution is 7.89. The Balaban J connectivity index is 1.70. The number of benzene rings is 2. The van der Waals surface area contributed by atoms with E-state index in [1.165, 1.54) is 39.3 Å². The predicted molar refractivity (Wildman–Crippen MR) is 129 cm³/mol. The molecule has 1 saturated heterocycles. The lowest BCUT2D eigenvalue weighted by Crippen LogP contribution is -2.29. The van der Waals surface area contributed by atoms with Crippen molar-refractivity contribution in [2.45, 2.75) is 37.3 Å². The van der Waals surface area contributed by atoms with Crippen LogP contribution in [-0.2, 0) is 21.2 Å². The molecule has 1 N–H and O–H groups in total. The van der Waals surface area contributed by atoms with Gasteiger partial charge in [-0.1, -0.05) is 0 Å². The van der Waals surface area contributed by atoms with Crippen LogP contribution < -0.4 is 4.74 Å². The second kappa shape index (κ2) is 9.74. The SMILES string of the molecule is CN=C[C@@H]1CN(S(=O)(=O)c2ccc(OC(C)C)cc2)C[C@@H]1n1nc(CC(=O)O)c2ccc(F)cc21. The van der Waals surface area contributed by atoms with Crippen LogP contribution in [0.1, 0.15) is 25.6 Å². The highest BCUT2D eigenvalue weighted by atomic mass is 32.2. The molecule has 2 heterocycles. The standard InChI is InChI=1S/C24H27FN4O5S/c1-15(2)34-18-5-7-19(8-6-18)35(32,33)28-13-16(12-26-3)23(14-28)29-22-10-17(25)4-9-20(22)21(27-29)11-24(30)31/h4-10,12,15-16,23H,11,13-14H2,1-3H3,(H,30,31)/t16-,23+/m1/s1. The minimum atomic E-state index is -3.84. The van der Waals surface area contributed by atoms with Gasteiger partial charge in [-0.3, -0.25) is 9.48 Å². The molecule has 0 bridgehead atoms. The van der Waals surface area contributed by atoms with Crippen LogP contribution in [0.5, 0.6) is 5.75 Å². The zero-order valence-electron chi connectivity index (χ0n) is 19.6. The first-order valence-electron chi connectivity index (χ1n) is 11.2. The predicted octanol–water partition coefficient (Wildman–Crippen LogP) is 3.15. The van der Waals surface area contributed by atoms with E-state index >= 15 is 0 Å². The number of aromatic nitrogens is 2. The number of fused-ring (bicyclic) bond motifs is 1. The normalized spacial score (nSPS) is 19.2. The first-order chi connectivity index (χ1) is 16.6. The molecule has 2 atom stereocenters. The lowest BCUT2D eigenvalue weighted by atomic mass is 10.1. The van der Waals surface area contributed by atoms with Gasteiger partial charge in [0, 0.05) is 37.7 Å². The number of rotatable bonds is 8. The Kier molecular flexibility index (Phi) is 6.91. The van der Waals surface area contributed by atoms with Crippen LogP contribution in [0.4, 0.5) is 4.39 Å². The van der Waals surface area contributed by atoms with Crippen molar-refractivity contribution >= 4 is 33.1 Å². The molecule has 0 spiro atoms. The molecule has 3 aromatic rings. The highest BCUT2D eigenvalue weighted by Crippen LogP contribution is 2.34. The van der Waals surface area contributed by atoms with Gasteiger partial charge in [-0.25, -0.2) is 12.8 Å². The Morgan fingerprint density at radius 2 is 1.97 bits per heavy atom. The van der Waals surface area contributed by atoms with E-state index in [0.29, 0.717) is 22.3 Å². The third kappa shape index (κ3) is 5.06. The average Bonchev–Trinajstić information content (AvgIpc) is 3.35. The summed E-state index contributed by atoms with van der Waals surface area (Å²) in [6.45, 7) is 4.00.